The van der Waals surface area contributed by atoms with Gasteiger partial charge >= 0.3 is 0 Å². The summed E-state index contributed by atoms with van der Waals surface area (Å²) < 4.78 is 0. The summed E-state index contributed by atoms with van der Waals surface area (Å²) >= 11 is 0. The highest BCUT2D eigenvalue weighted by atomic mass is 16.2. The number of hydrogen-bond acceptors (Lipinski definition) is 4. The molecule has 5 heteroatoms. The van der Waals surface area contributed by atoms with Crippen LogP contribution in [0.5, 0.6) is 0 Å². The number of hydrazine groups is 1. The van der Waals surface area contributed by atoms with Crippen LogP contribution in [0.25, 0.3) is 0 Å². The second kappa shape index (κ2) is 5.81. The molecule has 2 aliphatic rings. The Morgan fingerprint density at radius 1 is 1.25 bits per heavy atom. The molecule has 20 heavy (non-hydrogen) atoms. The Balaban J connectivity index is 1.56. The molecule has 3 rings (SSSR count). The first-order valence-electron chi connectivity index (χ1n) is 7.28. The molecule has 1 saturated heterocycles. The molecular formula is C15H22N4O. The van der Waals surface area contributed by atoms with E-state index in [4.69, 9.17) is 0 Å². The number of nitrogens with zero attached hydrogens (tertiary/aromatic N) is 2. The Labute approximate surface area is 119 Å². The lowest BCUT2D eigenvalue weighted by Gasteiger charge is -2.34. The first kappa shape index (κ1) is 13.4. The molecule has 1 aromatic carbocycles. The minimum atomic E-state index is 0.0181. The number of amides is 1. The molecule has 1 atom stereocenters. The Morgan fingerprint density at radius 3 is 2.80 bits per heavy atom. The van der Waals surface area contributed by atoms with Crippen molar-refractivity contribution < 1.29 is 4.79 Å². The summed E-state index contributed by atoms with van der Waals surface area (Å²) in [7, 11) is 2.11. The molecule has 1 aromatic rings. The van der Waals surface area contributed by atoms with Gasteiger partial charge in [-0.25, -0.2) is 5.01 Å². The molecule has 0 bridgehead atoms. The summed E-state index contributed by atoms with van der Waals surface area (Å²) in [6, 6.07) is 8.22. The van der Waals surface area contributed by atoms with E-state index < -0.39 is 0 Å². The number of rotatable bonds is 2. The van der Waals surface area contributed by atoms with Gasteiger partial charge in [-0.1, -0.05) is 18.2 Å². The van der Waals surface area contributed by atoms with Gasteiger partial charge in [-0.05, 0) is 25.1 Å². The fourth-order valence-corrected chi connectivity index (χ4v) is 2.79. The number of piperazine rings is 1. The zero-order chi connectivity index (χ0) is 13.9. The van der Waals surface area contributed by atoms with Gasteiger partial charge in [0, 0.05) is 38.4 Å². The van der Waals surface area contributed by atoms with Gasteiger partial charge < -0.3 is 10.2 Å². The van der Waals surface area contributed by atoms with Crippen LogP contribution >= 0.6 is 0 Å². The molecule has 0 radical (unpaired) electrons. The van der Waals surface area contributed by atoms with Gasteiger partial charge in [0.15, 0.2) is 0 Å². The highest BCUT2D eigenvalue weighted by molar-refractivity contribution is 5.80. The van der Waals surface area contributed by atoms with Gasteiger partial charge in [0.05, 0.1) is 5.92 Å². The van der Waals surface area contributed by atoms with E-state index >= 15 is 0 Å². The Bertz CT molecular complexity index is 483. The third-order valence-electron chi connectivity index (χ3n) is 4.16. The summed E-state index contributed by atoms with van der Waals surface area (Å²) in [5.41, 5.74) is 5.46. The predicted octanol–water partition coefficient (Wildman–Crippen LogP) is 0.549. The number of nitrogens with one attached hydrogen (secondary N) is 2. The molecule has 1 fully saturated rings. The van der Waals surface area contributed by atoms with Gasteiger partial charge in [-0.2, -0.15) is 0 Å². The molecule has 108 valence electrons. The summed E-state index contributed by atoms with van der Waals surface area (Å²) in [6.07, 6.45) is 0.822. The molecule has 1 amide bonds. The summed E-state index contributed by atoms with van der Waals surface area (Å²) in [5.74, 6) is 0.154. The lowest BCUT2D eigenvalue weighted by atomic mass is 9.93. The quantitative estimate of drug-likeness (QED) is 0.827. The van der Waals surface area contributed by atoms with E-state index in [1.165, 1.54) is 5.56 Å². The minimum absolute atomic E-state index is 0.0181. The third kappa shape index (κ3) is 2.94. The van der Waals surface area contributed by atoms with E-state index in [9.17, 15) is 4.79 Å². The number of anilines is 1. The summed E-state index contributed by atoms with van der Waals surface area (Å²) in [6.45, 7) is 4.53. The van der Waals surface area contributed by atoms with E-state index in [0.29, 0.717) is 0 Å². The van der Waals surface area contributed by atoms with Crippen LogP contribution in [0.15, 0.2) is 24.3 Å². The fraction of sp³-hybridized carbons (Fsp3) is 0.533. The predicted molar refractivity (Wildman–Crippen MR) is 79.3 cm³/mol. The summed E-state index contributed by atoms with van der Waals surface area (Å²) in [5, 5.41) is 5.39. The van der Waals surface area contributed by atoms with Crippen LogP contribution in [-0.4, -0.2) is 55.6 Å². The first-order chi connectivity index (χ1) is 9.72. The zero-order valence-corrected chi connectivity index (χ0v) is 11.9. The van der Waals surface area contributed by atoms with Gasteiger partial charge in [0.25, 0.3) is 0 Å². The van der Waals surface area contributed by atoms with Crippen molar-refractivity contribution in [1.82, 2.24) is 15.3 Å². The van der Waals surface area contributed by atoms with E-state index in [1.807, 2.05) is 17.1 Å². The Hall–Kier alpha value is -1.59. The Morgan fingerprint density at radius 2 is 2.00 bits per heavy atom. The molecule has 0 spiro atoms. The van der Waals surface area contributed by atoms with Gasteiger partial charge in [0.1, 0.15) is 0 Å². The summed E-state index contributed by atoms with van der Waals surface area (Å²) in [4.78, 5) is 14.6. The van der Waals surface area contributed by atoms with Crippen LogP contribution in [0.3, 0.4) is 0 Å². The zero-order valence-electron chi connectivity index (χ0n) is 11.9. The number of hydrogen-bond donors (Lipinski definition) is 2. The number of carbonyl (C=O) groups excluding carboxylic acids is 1. The highest BCUT2D eigenvalue weighted by Gasteiger charge is 2.26. The van der Waals surface area contributed by atoms with Crippen LogP contribution < -0.4 is 10.7 Å². The monoisotopic (exact) mass is 274 g/mol. The van der Waals surface area contributed by atoms with Crippen LogP contribution in [0, 0.1) is 5.92 Å². The highest BCUT2D eigenvalue weighted by Crippen LogP contribution is 2.24. The second-order valence-electron chi connectivity index (χ2n) is 5.71. The Kier molecular flexibility index (Phi) is 3.89. The fourth-order valence-electron chi connectivity index (χ4n) is 2.79. The van der Waals surface area contributed by atoms with Crippen LogP contribution in [0.1, 0.15) is 5.56 Å². The molecule has 1 unspecified atom stereocenters. The number of benzene rings is 1. The largest absolute Gasteiger partial charge is 0.384 e. The SMILES string of the molecule is CN1CCN(NC(=O)C2CNc3ccccc3C2)CC1. The van der Waals surface area contributed by atoms with Crippen molar-refractivity contribution in [3.8, 4) is 0 Å². The van der Waals surface area contributed by atoms with Crippen molar-refractivity contribution >= 4 is 11.6 Å². The van der Waals surface area contributed by atoms with Crippen molar-refractivity contribution in [3.63, 3.8) is 0 Å². The molecule has 2 N–H and O–H groups in total. The maximum absolute atomic E-state index is 12.4. The van der Waals surface area contributed by atoms with E-state index in [2.05, 4.69) is 34.8 Å². The normalized spacial score (nSPS) is 23.8. The lowest BCUT2D eigenvalue weighted by Crippen LogP contribution is -2.54. The van der Waals surface area contributed by atoms with Crippen molar-refractivity contribution in [2.24, 2.45) is 5.92 Å². The van der Waals surface area contributed by atoms with E-state index in [1.54, 1.807) is 0 Å². The maximum atomic E-state index is 12.4. The molecule has 2 heterocycles. The number of likely N-dealkylation sites (N-methyl/N-ethyl adjacent to an activating group) is 1. The molecule has 5 nitrogen and oxygen atoms in total. The lowest BCUT2D eigenvalue weighted by molar-refractivity contribution is -0.130. The second-order valence-corrected chi connectivity index (χ2v) is 5.71. The number of para-hydroxylation sites is 1. The standard InChI is InChI=1S/C15H22N4O/c1-18-6-8-19(9-7-18)17-15(20)13-10-12-4-2-3-5-14(12)16-11-13/h2-5,13,16H,6-11H2,1H3,(H,17,20). The number of carbonyl (C=O) groups is 1. The van der Waals surface area contributed by atoms with Crippen LogP contribution in [-0.2, 0) is 11.2 Å². The number of fused-ring (bicyclic) bond motifs is 1. The molecular weight excluding hydrogens is 252 g/mol. The average molecular weight is 274 g/mol. The van der Waals surface area contributed by atoms with Crippen molar-refractivity contribution in [2.45, 2.75) is 6.42 Å². The van der Waals surface area contributed by atoms with Gasteiger partial charge in [-0.15, -0.1) is 0 Å². The molecule has 2 aliphatic heterocycles. The van der Waals surface area contributed by atoms with E-state index in [0.717, 1.165) is 44.8 Å². The van der Waals surface area contributed by atoms with Gasteiger partial charge in [0.2, 0.25) is 5.91 Å². The van der Waals surface area contributed by atoms with Crippen molar-refractivity contribution in [2.75, 3.05) is 45.1 Å². The topological polar surface area (TPSA) is 47.6 Å². The van der Waals surface area contributed by atoms with Crippen LogP contribution in [0.2, 0.25) is 0 Å². The van der Waals surface area contributed by atoms with Gasteiger partial charge in [-0.3, -0.25) is 10.2 Å². The maximum Gasteiger partial charge on any atom is 0.239 e. The van der Waals surface area contributed by atoms with Crippen molar-refractivity contribution in [3.05, 3.63) is 29.8 Å². The molecule has 0 saturated carbocycles. The van der Waals surface area contributed by atoms with E-state index in [-0.39, 0.29) is 11.8 Å². The molecule has 0 aliphatic carbocycles. The minimum Gasteiger partial charge on any atom is -0.384 e. The smallest absolute Gasteiger partial charge is 0.239 e. The van der Waals surface area contributed by atoms with Crippen molar-refractivity contribution in [1.29, 1.82) is 0 Å². The van der Waals surface area contributed by atoms with Crippen LogP contribution in [0.4, 0.5) is 5.69 Å². The average Bonchev–Trinajstić information content (AvgIpc) is 2.49. The first-order valence-corrected chi connectivity index (χ1v) is 7.28. The third-order valence-corrected chi connectivity index (χ3v) is 4.16. The molecule has 0 aromatic heterocycles.